The fraction of sp³-hybridized carbons (Fsp3) is 0.316. The number of carbonyl (C=O) groups is 1. The van der Waals surface area contributed by atoms with E-state index in [1.807, 2.05) is 23.9 Å². The molecule has 1 aliphatic rings. The van der Waals surface area contributed by atoms with Gasteiger partial charge in [0.2, 0.25) is 0 Å². The molecule has 2 aromatic carbocycles. The molecule has 0 heterocycles. The van der Waals surface area contributed by atoms with E-state index in [1.165, 1.54) is 17.7 Å². The van der Waals surface area contributed by atoms with Gasteiger partial charge in [0.05, 0.1) is 0 Å². The van der Waals surface area contributed by atoms with Crippen molar-refractivity contribution in [2.45, 2.75) is 35.3 Å². The second-order valence-corrected chi connectivity index (χ2v) is 7.65. The van der Waals surface area contributed by atoms with Crippen molar-refractivity contribution in [1.29, 1.82) is 0 Å². The number of anilines is 1. The second-order valence-electron chi connectivity index (χ2n) is 6.11. The molecule has 3 rings (SSSR count). The number of nitrogen functional groups attached to an aromatic ring is 1. The van der Waals surface area contributed by atoms with E-state index in [4.69, 9.17) is 5.73 Å². The van der Waals surface area contributed by atoms with Crippen molar-refractivity contribution in [2.75, 3.05) is 12.3 Å². The lowest BCUT2D eigenvalue weighted by Crippen LogP contribution is -2.38. The number of benzene rings is 2. The second kappa shape index (κ2) is 8.45. The van der Waals surface area contributed by atoms with E-state index in [-0.39, 0.29) is 23.1 Å². The van der Waals surface area contributed by atoms with Gasteiger partial charge in [-0.2, -0.15) is 0 Å². The summed E-state index contributed by atoms with van der Waals surface area (Å²) in [5.74, 6) is -0.0442. The van der Waals surface area contributed by atoms with Gasteiger partial charge in [-0.25, -0.2) is 0 Å². The predicted molar refractivity (Wildman–Crippen MR) is 104 cm³/mol. The van der Waals surface area contributed by atoms with Gasteiger partial charge in [0, 0.05) is 27.4 Å². The van der Waals surface area contributed by atoms with Gasteiger partial charge in [-0.1, -0.05) is 37.1 Å². The van der Waals surface area contributed by atoms with E-state index in [0.717, 1.165) is 12.8 Å². The van der Waals surface area contributed by atoms with Crippen molar-refractivity contribution >= 4 is 35.8 Å². The van der Waals surface area contributed by atoms with E-state index in [9.17, 15) is 4.79 Å². The summed E-state index contributed by atoms with van der Waals surface area (Å²) in [5, 5.41) is 3.11. The lowest BCUT2D eigenvalue weighted by Gasteiger charge is -2.28. The minimum Gasteiger partial charge on any atom is -0.399 e. The molecule has 2 aromatic rings. The quantitative estimate of drug-likeness (QED) is 0.768. The summed E-state index contributed by atoms with van der Waals surface area (Å²) in [6.45, 7) is 0.695. The van der Waals surface area contributed by atoms with Crippen molar-refractivity contribution in [3.05, 3.63) is 60.2 Å². The van der Waals surface area contributed by atoms with Crippen LogP contribution in [0.1, 0.15) is 36.0 Å². The highest BCUT2D eigenvalue weighted by atomic mass is 35.5. The molecule has 0 bridgehead atoms. The van der Waals surface area contributed by atoms with Crippen LogP contribution in [-0.2, 0) is 0 Å². The Morgan fingerprint density at radius 1 is 1.08 bits per heavy atom. The summed E-state index contributed by atoms with van der Waals surface area (Å²) in [4.78, 5) is 13.6. The number of nitrogens with two attached hydrogens (primary N) is 1. The number of hydrogen-bond donors (Lipinski definition) is 2. The number of rotatable bonds is 5. The maximum atomic E-state index is 12.4. The third kappa shape index (κ3) is 4.68. The van der Waals surface area contributed by atoms with E-state index in [2.05, 4.69) is 29.6 Å². The third-order valence-electron chi connectivity index (χ3n) is 4.31. The monoisotopic (exact) mass is 362 g/mol. The average Bonchev–Trinajstić information content (AvgIpc) is 3.02. The fourth-order valence-corrected chi connectivity index (χ4v) is 4.53. The minimum atomic E-state index is -0.0442. The van der Waals surface area contributed by atoms with Crippen LogP contribution >= 0.6 is 24.2 Å². The van der Waals surface area contributed by atoms with Crippen molar-refractivity contribution < 1.29 is 4.79 Å². The standard InChI is InChI=1S/C19H22N2OS.ClH/c20-16-8-6-7-15(13-16)18(22)21-14-19(11-4-5-12-19)23-17-9-2-1-3-10-17;/h1-3,6-10,13H,4-5,11-12,14,20H2,(H,21,22);1H. The highest BCUT2D eigenvalue weighted by Crippen LogP contribution is 2.44. The summed E-state index contributed by atoms with van der Waals surface area (Å²) in [6.07, 6.45) is 4.75. The summed E-state index contributed by atoms with van der Waals surface area (Å²) in [5.41, 5.74) is 7.00. The van der Waals surface area contributed by atoms with Crippen LogP contribution in [0.2, 0.25) is 0 Å². The van der Waals surface area contributed by atoms with Crippen LogP contribution in [0.4, 0.5) is 5.69 Å². The Balaban J connectivity index is 0.00000208. The zero-order valence-corrected chi connectivity index (χ0v) is 15.2. The first-order valence-corrected chi connectivity index (χ1v) is 8.86. The summed E-state index contributed by atoms with van der Waals surface area (Å²) in [7, 11) is 0. The molecule has 5 heteroatoms. The first-order valence-electron chi connectivity index (χ1n) is 8.05. The first kappa shape index (κ1) is 18.7. The summed E-state index contributed by atoms with van der Waals surface area (Å²) >= 11 is 1.90. The molecule has 24 heavy (non-hydrogen) atoms. The molecule has 0 atom stereocenters. The SMILES string of the molecule is Cl.Nc1cccc(C(=O)NCC2(Sc3ccccc3)CCCC2)c1. The first-order chi connectivity index (χ1) is 11.2. The van der Waals surface area contributed by atoms with Crippen LogP contribution in [0, 0.1) is 0 Å². The topological polar surface area (TPSA) is 55.1 Å². The Kier molecular flexibility index (Phi) is 6.58. The number of hydrogen-bond acceptors (Lipinski definition) is 3. The maximum absolute atomic E-state index is 12.4. The Morgan fingerprint density at radius 2 is 1.79 bits per heavy atom. The van der Waals surface area contributed by atoms with E-state index in [1.54, 1.807) is 18.2 Å². The van der Waals surface area contributed by atoms with Gasteiger partial charge in [-0.05, 0) is 43.2 Å². The molecule has 1 aliphatic carbocycles. The lowest BCUT2D eigenvalue weighted by atomic mass is 10.1. The number of thioether (sulfide) groups is 1. The molecular formula is C19H23ClN2OS. The van der Waals surface area contributed by atoms with Gasteiger partial charge in [0.15, 0.2) is 0 Å². The minimum absolute atomic E-state index is 0. The highest BCUT2D eigenvalue weighted by molar-refractivity contribution is 8.00. The van der Waals surface area contributed by atoms with Crippen LogP contribution in [0.5, 0.6) is 0 Å². The molecule has 0 unspecified atom stereocenters. The molecule has 0 aromatic heterocycles. The molecule has 3 nitrogen and oxygen atoms in total. The average molecular weight is 363 g/mol. The zero-order chi connectivity index (χ0) is 16.1. The summed E-state index contributed by atoms with van der Waals surface area (Å²) in [6, 6.07) is 17.6. The predicted octanol–water partition coefficient (Wildman–Crippen LogP) is 4.53. The van der Waals surface area contributed by atoms with Gasteiger partial charge in [-0.3, -0.25) is 4.79 Å². The lowest BCUT2D eigenvalue weighted by molar-refractivity contribution is 0.0949. The van der Waals surface area contributed by atoms with E-state index in [0.29, 0.717) is 17.8 Å². The number of nitrogens with one attached hydrogen (secondary N) is 1. The molecule has 0 radical (unpaired) electrons. The largest absolute Gasteiger partial charge is 0.399 e. The zero-order valence-electron chi connectivity index (χ0n) is 13.5. The Hall–Kier alpha value is -1.65. The number of carbonyl (C=O) groups excluding carboxylic acids is 1. The van der Waals surface area contributed by atoms with Gasteiger partial charge in [-0.15, -0.1) is 24.2 Å². The molecular weight excluding hydrogens is 340 g/mol. The Bertz CT molecular complexity index is 672. The Morgan fingerprint density at radius 3 is 2.46 bits per heavy atom. The van der Waals surface area contributed by atoms with Gasteiger partial charge in [0.25, 0.3) is 5.91 Å². The molecule has 0 saturated heterocycles. The van der Waals surface area contributed by atoms with Gasteiger partial charge in [0.1, 0.15) is 0 Å². The van der Waals surface area contributed by atoms with E-state index < -0.39 is 0 Å². The van der Waals surface area contributed by atoms with Gasteiger partial charge < -0.3 is 11.1 Å². The molecule has 0 aliphatic heterocycles. The number of halogens is 1. The highest BCUT2D eigenvalue weighted by Gasteiger charge is 2.35. The maximum Gasteiger partial charge on any atom is 0.251 e. The summed E-state index contributed by atoms with van der Waals surface area (Å²) < 4.78 is 0.108. The van der Waals surface area contributed by atoms with Crippen LogP contribution in [-0.4, -0.2) is 17.2 Å². The van der Waals surface area contributed by atoms with Crippen LogP contribution in [0.25, 0.3) is 0 Å². The normalized spacial score (nSPS) is 15.5. The molecule has 1 saturated carbocycles. The van der Waals surface area contributed by atoms with Crippen LogP contribution < -0.4 is 11.1 Å². The smallest absolute Gasteiger partial charge is 0.251 e. The fourth-order valence-electron chi connectivity index (χ4n) is 3.10. The molecule has 128 valence electrons. The van der Waals surface area contributed by atoms with Gasteiger partial charge >= 0.3 is 0 Å². The third-order valence-corrected chi connectivity index (χ3v) is 5.81. The van der Waals surface area contributed by atoms with Crippen molar-refractivity contribution in [1.82, 2.24) is 5.32 Å². The molecule has 3 N–H and O–H groups in total. The Labute approximate surface area is 153 Å². The van der Waals surface area contributed by atoms with Crippen LogP contribution in [0.3, 0.4) is 0 Å². The molecule has 0 spiro atoms. The van der Waals surface area contributed by atoms with E-state index >= 15 is 0 Å². The van der Waals surface area contributed by atoms with Crippen molar-refractivity contribution in [3.8, 4) is 0 Å². The number of amides is 1. The van der Waals surface area contributed by atoms with Crippen molar-refractivity contribution in [3.63, 3.8) is 0 Å². The van der Waals surface area contributed by atoms with Crippen LogP contribution in [0.15, 0.2) is 59.5 Å². The molecule has 1 amide bonds. The van der Waals surface area contributed by atoms with Crippen molar-refractivity contribution in [2.24, 2.45) is 0 Å². The molecule has 1 fully saturated rings.